The molecular weight excluding hydrogens is 258 g/mol. The summed E-state index contributed by atoms with van der Waals surface area (Å²) in [5.74, 6) is -0.258. The normalized spacial score (nSPS) is 11.5. The SMILES string of the molecule is CCC(C#N)NC(=O)c1ccnc(Br)c1. The predicted octanol–water partition coefficient (Wildman–Crippen LogP) is 1.88. The molecule has 1 amide bonds. The molecule has 1 rings (SSSR count). The molecule has 1 N–H and O–H groups in total. The van der Waals surface area contributed by atoms with Gasteiger partial charge in [0.05, 0.1) is 6.07 Å². The first-order valence-electron chi connectivity index (χ1n) is 4.49. The van der Waals surface area contributed by atoms with Crippen LogP contribution >= 0.6 is 15.9 Å². The Kier molecular flexibility index (Phi) is 4.25. The second kappa shape index (κ2) is 5.47. The Balaban J connectivity index is 2.74. The van der Waals surface area contributed by atoms with Crippen molar-refractivity contribution >= 4 is 21.8 Å². The number of carbonyl (C=O) groups is 1. The van der Waals surface area contributed by atoms with Crippen molar-refractivity contribution in [3.8, 4) is 6.07 Å². The first-order valence-corrected chi connectivity index (χ1v) is 5.28. The average Bonchev–Trinajstić information content (AvgIpc) is 2.25. The minimum atomic E-state index is -0.440. The van der Waals surface area contributed by atoms with Gasteiger partial charge in [-0.25, -0.2) is 4.98 Å². The van der Waals surface area contributed by atoms with E-state index in [1.54, 1.807) is 12.1 Å². The molecular formula is C10H10BrN3O. The number of aromatic nitrogens is 1. The zero-order valence-electron chi connectivity index (χ0n) is 8.20. The van der Waals surface area contributed by atoms with Crippen molar-refractivity contribution in [1.82, 2.24) is 10.3 Å². The van der Waals surface area contributed by atoms with E-state index in [0.717, 1.165) is 0 Å². The van der Waals surface area contributed by atoms with Crippen LogP contribution < -0.4 is 5.32 Å². The van der Waals surface area contributed by atoms with Crippen LogP contribution in [-0.4, -0.2) is 16.9 Å². The number of hydrogen-bond donors (Lipinski definition) is 1. The summed E-state index contributed by atoms with van der Waals surface area (Å²) in [5, 5.41) is 11.3. The number of nitrogens with zero attached hydrogens (tertiary/aromatic N) is 2. The summed E-state index contributed by atoms with van der Waals surface area (Å²) in [6.07, 6.45) is 2.13. The molecule has 0 saturated carbocycles. The highest BCUT2D eigenvalue weighted by atomic mass is 79.9. The van der Waals surface area contributed by atoms with E-state index in [0.29, 0.717) is 16.6 Å². The molecule has 1 heterocycles. The first kappa shape index (κ1) is 11.7. The van der Waals surface area contributed by atoms with Gasteiger partial charge in [-0.3, -0.25) is 4.79 Å². The number of halogens is 1. The lowest BCUT2D eigenvalue weighted by molar-refractivity contribution is 0.0944. The second-order valence-electron chi connectivity index (χ2n) is 2.93. The van der Waals surface area contributed by atoms with Crippen LogP contribution in [0.3, 0.4) is 0 Å². The second-order valence-corrected chi connectivity index (χ2v) is 3.74. The number of nitrogens with one attached hydrogen (secondary N) is 1. The van der Waals surface area contributed by atoms with Crippen LogP contribution in [0.15, 0.2) is 22.9 Å². The molecule has 0 bridgehead atoms. The van der Waals surface area contributed by atoms with Crippen molar-refractivity contribution in [2.24, 2.45) is 0 Å². The minimum Gasteiger partial charge on any atom is -0.336 e. The fraction of sp³-hybridized carbons (Fsp3) is 0.300. The van der Waals surface area contributed by atoms with Crippen molar-refractivity contribution in [3.05, 3.63) is 28.5 Å². The van der Waals surface area contributed by atoms with E-state index in [4.69, 9.17) is 5.26 Å². The molecule has 0 aliphatic carbocycles. The largest absolute Gasteiger partial charge is 0.336 e. The summed E-state index contributed by atoms with van der Waals surface area (Å²) < 4.78 is 0.597. The van der Waals surface area contributed by atoms with Crippen molar-refractivity contribution in [2.75, 3.05) is 0 Å². The summed E-state index contributed by atoms with van der Waals surface area (Å²) in [4.78, 5) is 15.5. The van der Waals surface area contributed by atoms with Gasteiger partial charge in [0.15, 0.2) is 0 Å². The molecule has 0 fully saturated rings. The van der Waals surface area contributed by atoms with E-state index in [9.17, 15) is 4.79 Å². The number of carbonyl (C=O) groups excluding carboxylic acids is 1. The van der Waals surface area contributed by atoms with Crippen LogP contribution in [-0.2, 0) is 0 Å². The third-order valence-electron chi connectivity index (χ3n) is 1.86. The molecule has 78 valence electrons. The van der Waals surface area contributed by atoms with Crippen molar-refractivity contribution in [1.29, 1.82) is 5.26 Å². The smallest absolute Gasteiger partial charge is 0.252 e. The van der Waals surface area contributed by atoms with Crippen molar-refractivity contribution < 1.29 is 4.79 Å². The molecule has 5 heteroatoms. The predicted molar refractivity (Wildman–Crippen MR) is 59.1 cm³/mol. The van der Waals surface area contributed by atoms with Gasteiger partial charge in [-0.1, -0.05) is 6.92 Å². The Morgan fingerprint density at radius 2 is 2.53 bits per heavy atom. The molecule has 15 heavy (non-hydrogen) atoms. The van der Waals surface area contributed by atoms with Crippen LogP contribution in [0.1, 0.15) is 23.7 Å². The zero-order valence-corrected chi connectivity index (χ0v) is 9.78. The van der Waals surface area contributed by atoms with Gasteiger partial charge in [0.25, 0.3) is 5.91 Å². The topological polar surface area (TPSA) is 65.8 Å². The van der Waals surface area contributed by atoms with Crippen molar-refractivity contribution in [2.45, 2.75) is 19.4 Å². The lowest BCUT2D eigenvalue weighted by atomic mass is 10.2. The Morgan fingerprint density at radius 3 is 3.07 bits per heavy atom. The average molecular weight is 268 g/mol. The van der Waals surface area contributed by atoms with Crippen LogP contribution in [0.2, 0.25) is 0 Å². The molecule has 0 radical (unpaired) electrons. The Bertz CT molecular complexity index is 400. The van der Waals surface area contributed by atoms with E-state index >= 15 is 0 Å². The van der Waals surface area contributed by atoms with Crippen LogP contribution in [0, 0.1) is 11.3 Å². The van der Waals surface area contributed by atoms with E-state index < -0.39 is 6.04 Å². The van der Waals surface area contributed by atoms with Gasteiger partial charge >= 0.3 is 0 Å². The van der Waals surface area contributed by atoms with E-state index in [1.165, 1.54) is 6.20 Å². The van der Waals surface area contributed by atoms with Crippen LogP contribution in [0.4, 0.5) is 0 Å². The number of amides is 1. The van der Waals surface area contributed by atoms with E-state index in [-0.39, 0.29) is 5.91 Å². The molecule has 0 aliphatic rings. The molecule has 0 spiro atoms. The highest BCUT2D eigenvalue weighted by Gasteiger charge is 2.11. The Hall–Kier alpha value is -1.41. The highest BCUT2D eigenvalue weighted by Crippen LogP contribution is 2.08. The van der Waals surface area contributed by atoms with Gasteiger partial charge in [0, 0.05) is 11.8 Å². The minimum absolute atomic E-state index is 0.258. The lowest BCUT2D eigenvalue weighted by Gasteiger charge is -2.08. The number of pyridine rings is 1. The summed E-state index contributed by atoms with van der Waals surface area (Å²) in [5.41, 5.74) is 0.491. The number of hydrogen-bond acceptors (Lipinski definition) is 3. The molecule has 1 aromatic heterocycles. The summed E-state index contributed by atoms with van der Waals surface area (Å²) in [7, 11) is 0. The summed E-state index contributed by atoms with van der Waals surface area (Å²) in [6, 6.07) is 4.78. The fourth-order valence-corrected chi connectivity index (χ4v) is 1.38. The van der Waals surface area contributed by atoms with Gasteiger partial charge in [0.1, 0.15) is 10.6 Å². The number of rotatable bonds is 3. The van der Waals surface area contributed by atoms with Gasteiger partial charge in [-0.05, 0) is 34.5 Å². The fourth-order valence-electron chi connectivity index (χ4n) is 1.01. The highest BCUT2D eigenvalue weighted by molar-refractivity contribution is 9.10. The number of nitriles is 1. The molecule has 1 unspecified atom stereocenters. The standard InChI is InChI=1S/C10H10BrN3O/c1-2-8(6-12)14-10(15)7-3-4-13-9(11)5-7/h3-5,8H,2H2,1H3,(H,14,15). The molecule has 1 aromatic rings. The van der Waals surface area contributed by atoms with E-state index in [1.807, 2.05) is 13.0 Å². The molecule has 0 aliphatic heterocycles. The monoisotopic (exact) mass is 267 g/mol. The van der Waals surface area contributed by atoms with Crippen LogP contribution in [0.5, 0.6) is 0 Å². The quantitative estimate of drug-likeness (QED) is 0.851. The summed E-state index contributed by atoms with van der Waals surface area (Å²) >= 11 is 3.17. The zero-order chi connectivity index (χ0) is 11.3. The first-order chi connectivity index (χ1) is 7.17. The maximum absolute atomic E-state index is 11.6. The summed E-state index contributed by atoms with van der Waals surface area (Å²) in [6.45, 7) is 1.84. The van der Waals surface area contributed by atoms with Crippen molar-refractivity contribution in [3.63, 3.8) is 0 Å². The maximum Gasteiger partial charge on any atom is 0.252 e. The third kappa shape index (κ3) is 3.33. The molecule has 0 aromatic carbocycles. The van der Waals surface area contributed by atoms with Crippen LogP contribution in [0.25, 0.3) is 0 Å². The Morgan fingerprint density at radius 1 is 1.80 bits per heavy atom. The molecule has 0 saturated heterocycles. The lowest BCUT2D eigenvalue weighted by Crippen LogP contribution is -2.33. The maximum atomic E-state index is 11.6. The van der Waals surface area contributed by atoms with Gasteiger partial charge in [-0.2, -0.15) is 5.26 Å². The van der Waals surface area contributed by atoms with Gasteiger partial charge in [0.2, 0.25) is 0 Å². The Labute approximate surface area is 96.4 Å². The molecule has 4 nitrogen and oxygen atoms in total. The van der Waals surface area contributed by atoms with Gasteiger partial charge < -0.3 is 5.32 Å². The molecule has 1 atom stereocenters. The third-order valence-corrected chi connectivity index (χ3v) is 2.29. The van der Waals surface area contributed by atoms with E-state index in [2.05, 4.69) is 26.2 Å². The van der Waals surface area contributed by atoms with Gasteiger partial charge in [-0.15, -0.1) is 0 Å².